The summed E-state index contributed by atoms with van der Waals surface area (Å²) in [6.07, 6.45) is 0.860. The Kier molecular flexibility index (Phi) is 5.49. The Morgan fingerprint density at radius 1 is 1.56 bits per heavy atom. The number of aliphatic hydroxyl groups is 1. The van der Waals surface area contributed by atoms with Crippen LogP contribution in [0.4, 0.5) is 0 Å². The summed E-state index contributed by atoms with van der Waals surface area (Å²) in [7, 11) is 0. The average molecular weight is 225 g/mol. The summed E-state index contributed by atoms with van der Waals surface area (Å²) in [4.78, 5) is 0. The van der Waals surface area contributed by atoms with Gasteiger partial charge in [0.1, 0.15) is 0 Å². The Hall–Kier alpha value is -0.870. The molecule has 1 rings (SSSR count). The summed E-state index contributed by atoms with van der Waals surface area (Å²) in [5.74, 6) is 0.518. The number of aromatic nitrogens is 2. The fourth-order valence-electron chi connectivity index (χ4n) is 1.78. The van der Waals surface area contributed by atoms with E-state index in [1.807, 2.05) is 11.6 Å². The zero-order valence-corrected chi connectivity index (χ0v) is 10.5. The van der Waals surface area contributed by atoms with Gasteiger partial charge in [0.15, 0.2) is 0 Å². The summed E-state index contributed by atoms with van der Waals surface area (Å²) in [6.45, 7) is 9.24. The van der Waals surface area contributed by atoms with Crippen molar-refractivity contribution in [3.05, 3.63) is 17.5 Å². The molecule has 1 heterocycles. The van der Waals surface area contributed by atoms with Crippen molar-refractivity contribution in [1.29, 1.82) is 0 Å². The van der Waals surface area contributed by atoms with Crippen LogP contribution < -0.4 is 5.32 Å². The van der Waals surface area contributed by atoms with Crippen LogP contribution in [0.3, 0.4) is 0 Å². The molecule has 0 aliphatic rings. The third-order valence-electron chi connectivity index (χ3n) is 2.71. The topological polar surface area (TPSA) is 50.1 Å². The Balaban J connectivity index is 2.36. The lowest BCUT2D eigenvalue weighted by molar-refractivity contribution is 0.260. The van der Waals surface area contributed by atoms with Crippen LogP contribution in [0.2, 0.25) is 0 Å². The summed E-state index contributed by atoms with van der Waals surface area (Å²) >= 11 is 0. The first-order valence-electron chi connectivity index (χ1n) is 6.02. The lowest BCUT2D eigenvalue weighted by atomic mass is 10.1. The normalized spacial score (nSPS) is 13.0. The maximum Gasteiger partial charge on any atom is 0.0597 e. The minimum Gasteiger partial charge on any atom is -0.396 e. The first-order chi connectivity index (χ1) is 7.67. The van der Waals surface area contributed by atoms with Crippen LogP contribution in [0.1, 0.15) is 31.7 Å². The van der Waals surface area contributed by atoms with Gasteiger partial charge in [-0.1, -0.05) is 6.92 Å². The highest BCUT2D eigenvalue weighted by atomic mass is 16.3. The number of hydrogen-bond donors (Lipinski definition) is 2. The highest BCUT2D eigenvalue weighted by molar-refractivity contribution is 5.08. The van der Waals surface area contributed by atoms with Crippen LogP contribution in [0.15, 0.2) is 6.07 Å². The number of hydrogen-bond acceptors (Lipinski definition) is 3. The van der Waals surface area contributed by atoms with Crippen molar-refractivity contribution in [2.24, 2.45) is 5.92 Å². The molecule has 1 atom stereocenters. The lowest BCUT2D eigenvalue weighted by Gasteiger charge is -2.11. The molecule has 0 spiro atoms. The van der Waals surface area contributed by atoms with Crippen LogP contribution in [0, 0.1) is 12.8 Å². The lowest BCUT2D eigenvalue weighted by Crippen LogP contribution is -2.23. The van der Waals surface area contributed by atoms with Crippen molar-refractivity contribution in [1.82, 2.24) is 15.1 Å². The third-order valence-corrected chi connectivity index (χ3v) is 2.71. The second-order valence-corrected chi connectivity index (χ2v) is 4.34. The largest absolute Gasteiger partial charge is 0.396 e. The van der Waals surface area contributed by atoms with E-state index >= 15 is 0 Å². The van der Waals surface area contributed by atoms with Crippen LogP contribution in [0.5, 0.6) is 0 Å². The fourth-order valence-corrected chi connectivity index (χ4v) is 1.78. The van der Waals surface area contributed by atoms with Crippen molar-refractivity contribution in [3.63, 3.8) is 0 Å². The molecule has 0 aliphatic carbocycles. The van der Waals surface area contributed by atoms with E-state index in [0.29, 0.717) is 5.92 Å². The van der Waals surface area contributed by atoms with E-state index in [1.165, 1.54) is 5.69 Å². The van der Waals surface area contributed by atoms with E-state index in [9.17, 15) is 0 Å². The van der Waals surface area contributed by atoms with Crippen molar-refractivity contribution in [2.45, 2.75) is 40.3 Å². The number of nitrogens with one attached hydrogen (secondary N) is 1. The van der Waals surface area contributed by atoms with Gasteiger partial charge >= 0.3 is 0 Å². The molecule has 16 heavy (non-hydrogen) atoms. The first kappa shape index (κ1) is 13.2. The van der Waals surface area contributed by atoms with Gasteiger partial charge in [-0.25, -0.2) is 0 Å². The molecule has 1 aromatic heterocycles. The maximum atomic E-state index is 8.80. The van der Waals surface area contributed by atoms with Crippen molar-refractivity contribution < 1.29 is 5.11 Å². The maximum absolute atomic E-state index is 8.80. The molecule has 0 saturated heterocycles. The zero-order chi connectivity index (χ0) is 12.0. The SMILES string of the molecule is CCn1nc(C)cc1CNCC(C)CCO. The Labute approximate surface area is 97.7 Å². The molecule has 0 saturated carbocycles. The van der Waals surface area contributed by atoms with E-state index in [0.717, 1.165) is 31.7 Å². The van der Waals surface area contributed by atoms with Crippen LogP contribution in [-0.2, 0) is 13.1 Å². The predicted octanol–water partition coefficient (Wildman–Crippen LogP) is 1.32. The minimum atomic E-state index is 0.273. The molecule has 4 nitrogen and oxygen atoms in total. The molecule has 0 fully saturated rings. The van der Waals surface area contributed by atoms with Gasteiger partial charge < -0.3 is 10.4 Å². The molecule has 0 aliphatic heterocycles. The van der Waals surface area contributed by atoms with E-state index < -0.39 is 0 Å². The molecule has 2 N–H and O–H groups in total. The van der Waals surface area contributed by atoms with Gasteiger partial charge in [-0.15, -0.1) is 0 Å². The molecule has 0 radical (unpaired) electrons. The molecule has 4 heteroatoms. The van der Waals surface area contributed by atoms with E-state index in [-0.39, 0.29) is 6.61 Å². The van der Waals surface area contributed by atoms with Crippen LogP contribution in [0.25, 0.3) is 0 Å². The van der Waals surface area contributed by atoms with Gasteiger partial charge in [0.05, 0.1) is 11.4 Å². The van der Waals surface area contributed by atoms with E-state index in [4.69, 9.17) is 5.11 Å². The quantitative estimate of drug-likeness (QED) is 0.736. The minimum absolute atomic E-state index is 0.273. The smallest absolute Gasteiger partial charge is 0.0597 e. The molecule has 0 aromatic carbocycles. The Morgan fingerprint density at radius 3 is 2.94 bits per heavy atom. The van der Waals surface area contributed by atoms with Gasteiger partial charge in [0.25, 0.3) is 0 Å². The molecule has 0 bridgehead atoms. The summed E-state index contributed by atoms with van der Waals surface area (Å²) in [5, 5.41) is 16.6. The van der Waals surface area contributed by atoms with Gasteiger partial charge in [0, 0.05) is 19.7 Å². The molecular formula is C12H23N3O. The Morgan fingerprint density at radius 2 is 2.31 bits per heavy atom. The third kappa shape index (κ3) is 3.94. The van der Waals surface area contributed by atoms with Gasteiger partial charge in [0.2, 0.25) is 0 Å². The predicted molar refractivity (Wildman–Crippen MR) is 65.2 cm³/mol. The molecule has 1 aromatic rings. The van der Waals surface area contributed by atoms with Crippen molar-refractivity contribution >= 4 is 0 Å². The Bertz CT molecular complexity index is 309. The number of rotatable bonds is 7. The van der Waals surface area contributed by atoms with E-state index in [2.05, 4.69) is 30.3 Å². The van der Waals surface area contributed by atoms with Gasteiger partial charge in [-0.3, -0.25) is 4.68 Å². The standard InChI is InChI=1S/C12H23N3O/c1-4-15-12(7-11(3)14-15)9-13-8-10(2)5-6-16/h7,10,13,16H,4-6,8-9H2,1-3H3. The van der Waals surface area contributed by atoms with Gasteiger partial charge in [-0.05, 0) is 38.8 Å². The van der Waals surface area contributed by atoms with E-state index in [1.54, 1.807) is 0 Å². The monoisotopic (exact) mass is 225 g/mol. The number of aliphatic hydroxyl groups excluding tert-OH is 1. The molecule has 0 amide bonds. The van der Waals surface area contributed by atoms with Crippen molar-refractivity contribution in [3.8, 4) is 0 Å². The molecular weight excluding hydrogens is 202 g/mol. The number of aryl methyl sites for hydroxylation is 2. The van der Waals surface area contributed by atoms with Gasteiger partial charge in [-0.2, -0.15) is 5.10 Å². The van der Waals surface area contributed by atoms with Crippen LogP contribution in [-0.4, -0.2) is 28.0 Å². The van der Waals surface area contributed by atoms with Crippen molar-refractivity contribution in [2.75, 3.05) is 13.2 Å². The average Bonchev–Trinajstić information content (AvgIpc) is 2.59. The summed E-state index contributed by atoms with van der Waals surface area (Å²) in [5.41, 5.74) is 2.30. The second-order valence-electron chi connectivity index (χ2n) is 4.34. The van der Waals surface area contributed by atoms with Crippen LogP contribution >= 0.6 is 0 Å². The fraction of sp³-hybridized carbons (Fsp3) is 0.750. The first-order valence-corrected chi connectivity index (χ1v) is 6.02. The highest BCUT2D eigenvalue weighted by Gasteiger charge is 2.05. The summed E-state index contributed by atoms with van der Waals surface area (Å²) in [6, 6.07) is 2.12. The number of nitrogens with zero attached hydrogens (tertiary/aromatic N) is 2. The molecule has 1 unspecified atom stereocenters. The highest BCUT2D eigenvalue weighted by Crippen LogP contribution is 2.04. The summed E-state index contributed by atoms with van der Waals surface area (Å²) < 4.78 is 2.03. The second kappa shape index (κ2) is 6.66. The molecule has 92 valence electrons. The zero-order valence-electron chi connectivity index (χ0n) is 10.5.